The van der Waals surface area contributed by atoms with E-state index in [-0.39, 0.29) is 76.8 Å². The van der Waals surface area contributed by atoms with Crippen LogP contribution >= 0.6 is 0 Å². The molecular weight excluding hydrogens is 523 g/mol. The summed E-state index contributed by atoms with van der Waals surface area (Å²) in [6.45, 7) is 0.683. The van der Waals surface area contributed by atoms with Crippen molar-refractivity contribution in [2.75, 3.05) is 32.8 Å². The van der Waals surface area contributed by atoms with Crippen LogP contribution in [0.25, 0.3) is 21.5 Å². The fraction of sp³-hybridized carbons (Fsp3) is 0.250. The predicted octanol–water partition coefficient (Wildman–Crippen LogP) is 0.621. The molecule has 0 unspecified atom stereocenters. The van der Waals surface area contributed by atoms with Crippen LogP contribution in [0.3, 0.4) is 0 Å². The molecule has 0 fully saturated rings. The van der Waals surface area contributed by atoms with Crippen molar-refractivity contribution in [3.05, 3.63) is 92.4 Å². The molecule has 0 aromatic heterocycles. The summed E-state index contributed by atoms with van der Waals surface area (Å²) in [5.41, 5.74) is 0. The van der Waals surface area contributed by atoms with Crippen molar-refractivity contribution in [1.29, 1.82) is 0 Å². The Bertz CT molecular complexity index is 1300. The molecule has 0 heterocycles. The number of benzene rings is 4. The maximum Gasteiger partial charge on any atom is 1.00 e. The maximum absolute atomic E-state index is 11.9. The van der Waals surface area contributed by atoms with Gasteiger partial charge in [-0.05, 0) is 45.8 Å². The van der Waals surface area contributed by atoms with E-state index in [1.807, 2.05) is 78.9 Å². The zero-order valence-corrected chi connectivity index (χ0v) is 25.5. The second-order valence-corrected chi connectivity index (χ2v) is 9.28. The minimum absolute atomic E-state index is 0. The summed E-state index contributed by atoms with van der Waals surface area (Å²) in [5.74, 6) is 1.58. The molecule has 0 aliphatic carbocycles. The van der Waals surface area contributed by atoms with Crippen LogP contribution in [0.4, 0.5) is 4.39 Å². The molecule has 0 amide bonds. The van der Waals surface area contributed by atoms with Crippen molar-refractivity contribution in [2.45, 2.75) is 12.8 Å². The Morgan fingerprint density at radius 2 is 1.11 bits per heavy atom. The summed E-state index contributed by atoms with van der Waals surface area (Å²) in [6, 6.07) is 27.9. The normalized spacial score (nSPS) is 10.2. The molecule has 0 N–H and O–H groups in total. The summed E-state index contributed by atoms with van der Waals surface area (Å²) in [6.07, 6.45) is 2.02. The molecular formula is C28H32F2KO5S-. The number of ether oxygens (including phenoxy) is 2. The molecule has 37 heavy (non-hydrogen) atoms. The van der Waals surface area contributed by atoms with Gasteiger partial charge >= 0.3 is 51.4 Å². The summed E-state index contributed by atoms with van der Waals surface area (Å²) in [5, 5.41) is 4.62. The van der Waals surface area contributed by atoms with Crippen LogP contribution in [0, 0.1) is 7.43 Å². The van der Waals surface area contributed by atoms with Gasteiger partial charge in [0.25, 0.3) is 10.1 Å². The second-order valence-electron chi connectivity index (χ2n) is 7.64. The molecule has 0 aliphatic rings. The molecule has 5 nitrogen and oxygen atoms in total. The molecule has 0 atom stereocenters. The van der Waals surface area contributed by atoms with Crippen LogP contribution in [0.15, 0.2) is 84.9 Å². The van der Waals surface area contributed by atoms with Crippen molar-refractivity contribution in [1.82, 2.24) is 0 Å². The van der Waals surface area contributed by atoms with Gasteiger partial charge in [-0.15, -0.1) is 0 Å². The van der Waals surface area contributed by atoms with Gasteiger partial charge in [-0.3, -0.25) is 8.57 Å². The van der Waals surface area contributed by atoms with E-state index in [0.717, 1.165) is 33.9 Å². The molecule has 0 spiro atoms. The third-order valence-corrected chi connectivity index (χ3v) is 5.44. The van der Waals surface area contributed by atoms with Gasteiger partial charge in [0.1, 0.15) is 11.5 Å². The number of hydrogen-bond donors (Lipinski definition) is 0. The van der Waals surface area contributed by atoms with Gasteiger partial charge < -0.3 is 21.6 Å². The van der Waals surface area contributed by atoms with Gasteiger partial charge in [-0.25, -0.2) is 0 Å². The number of rotatable bonds is 10. The number of alkyl halides is 1. The fourth-order valence-corrected chi connectivity index (χ4v) is 3.64. The fourth-order valence-electron chi connectivity index (χ4n) is 3.22. The minimum atomic E-state index is -3.35. The summed E-state index contributed by atoms with van der Waals surface area (Å²) >= 11 is 0. The molecule has 0 radical (unpaired) electrons. The summed E-state index contributed by atoms with van der Waals surface area (Å²) in [7, 11) is -3.35. The smallest absolute Gasteiger partial charge is 1.00 e. The number of halogens is 2. The van der Waals surface area contributed by atoms with E-state index >= 15 is 0 Å². The molecule has 9 heteroatoms. The van der Waals surface area contributed by atoms with E-state index in [0.29, 0.717) is 26.1 Å². The van der Waals surface area contributed by atoms with Crippen LogP contribution < -0.4 is 65.6 Å². The van der Waals surface area contributed by atoms with E-state index in [4.69, 9.17) is 9.47 Å². The summed E-state index contributed by atoms with van der Waals surface area (Å²) in [4.78, 5) is 0. The van der Waals surface area contributed by atoms with Crippen LogP contribution in [0.2, 0.25) is 0 Å². The number of hydrogen-bond acceptors (Lipinski definition) is 5. The van der Waals surface area contributed by atoms with Crippen molar-refractivity contribution in [3.63, 3.8) is 0 Å². The monoisotopic (exact) mass is 555 g/mol. The average molecular weight is 556 g/mol. The van der Waals surface area contributed by atoms with E-state index < -0.39 is 10.1 Å². The van der Waals surface area contributed by atoms with Crippen molar-refractivity contribution in [2.24, 2.45) is 0 Å². The first-order chi connectivity index (χ1) is 16.4. The molecule has 4 aromatic rings. The van der Waals surface area contributed by atoms with E-state index in [9.17, 15) is 12.8 Å². The van der Waals surface area contributed by atoms with Gasteiger partial charge in [0.15, 0.2) is 0 Å². The van der Waals surface area contributed by atoms with Crippen LogP contribution in [0.1, 0.15) is 12.8 Å². The van der Waals surface area contributed by atoms with Crippen molar-refractivity contribution < 1.29 is 82.6 Å². The third-order valence-electron chi connectivity index (χ3n) is 4.84. The van der Waals surface area contributed by atoms with Crippen molar-refractivity contribution >= 4 is 31.7 Å². The zero-order valence-electron chi connectivity index (χ0n) is 21.5. The molecule has 4 aromatic carbocycles. The van der Waals surface area contributed by atoms with Gasteiger partial charge in [0.05, 0.1) is 32.8 Å². The standard InChI is InChI=1S/C14H16O4S.C13H13FO.CH3.FH.K/c1-19(15,16)18-10-4-9-17-14-8-7-12-5-2-3-6-13(12)11-14;14-8-3-9-15-13-7-6-11-4-1-2-5-12(11)10-13;;;/h2-3,5-8,11H,4,9-10H2,1H3;1-2,4-7,10H,3,8-9H2;1H3;1H;/q;;-1;;+1/p-1/i;14-1;;1-1;. The first-order valence-corrected chi connectivity index (χ1v) is 12.9. The Morgan fingerprint density at radius 1 is 0.676 bits per heavy atom. The molecule has 0 bridgehead atoms. The quantitative estimate of drug-likeness (QED) is 0.124. The topological polar surface area (TPSA) is 61.8 Å². The third kappa shape index (κ3) is 13.2. The minimum Gasteiger partial charge on any atom is -1.00 e. The van der Waals surface area contributed by atoms with Gasteiger partial charge in [-0.1, -0.05) is 60.7 Å². The predicted molar refractivity (Wildman–Crippen MR) is 141 cm³/mol. The van der Waals surface area contributed by atoms with Gasteiger partial charge in [-0.2, -0.15) is 8.42 Å². The molecule has 196 valence electrons. The average Bonchev–Trinajstić information content (AvgIpc) is 2.83. The molecule has 0 aliphatic heterocycles. The van der Waals surface area contributed by atoms with Crippen LogP contribution in [0.5, 0.6) is 11.5 Å². The maximum atomic E-state index is 11.9. The van der Waals surface area contributed by atoms with Crippen LogP contribution in [-0.2, 0) is 14.3 Å². The van der Waals surface area contributed by atoms with E-state index in [1.54, 1.807) is 0 Å². The van der Waals surface area contributed by atoms with Crippen LogP contribution in [-0.4, -0.2) is 41.2 Å². The first-order valence-electron chi connectivity index (χ1n) is 11.1. The first kappa shape index (κ1) is 35.4. The Balaban J connectivity index is 0.000000662. The van der Waals surface area contributed by atoms with Crippen molar-refractivity contribution in [3.8, 4) is 11.5 Å². The van der Waals surface area contributed by atoms with Gasteiger partial charge in [0, 0.05) is 12.8 Å². The summed E-state index contributed by atoms with van der Waals surface area (Å²) < 4.78 is 49.0. The molecule has 0 saturated carbocycles. The molecule has 4 rings (SSSR count). The second kappa shape index (κ2) is 18.6. The molecule has 0 saturated heterocycles. The SMILES string of the molecule is CS(=O)(=O)OCCCOc1ccc2ccccc2c1.[18F-].[18F]CCCOc1ccc2ccccc2c1.[CH3-].[K+]. The van der Waals surface area contributed by atoms with E-state index in [1.165, 1.54) is 5.39 Å². The Labute approximate surface area is 261 Å². The Kier molecular flexibility index (Phi) is 17.8. The Morgan fingerprint density at radius 3 is 1.54 bits per heavy atom. The van der Waals surface area contributed by atoms with E-state index in [2.05, 4.69) is 10.2 Å². The zero-order chi connectivity index (χ0) is 24.2. The Hall–Kier alpha value is -1.59. The largest absolute Gasteiger partial charge is 1.00 e. The van der Waals surface area contributed by atoms with Gasteiger partial charge in [0.2, 0.25) is 0 Å². The number of fused-ring (bicyclic) bond motifs is 2.